The molecule has 0 spiro atoms. The maximum absolute atomic E-state index is 12.4. The van der Waals surface area contributed by atoms with E-state index < -0.39 is 0 Å². The number of allylic oxidation sites excluding steroid dienone is 1. The fourth-order valence-electron chi connectivity index (χ4n) is 4.33. The van der Waals surface area contributed by atoms with E-state index in [4.69, 9.17) is 16.6 Å². The van der Waals surface area contributed by atoms with Gasteiger partial charge in [0.1, 0.15) is 5.01 Å². The maximum Gasteiger partial charge on any atom is 0.182 e. The molecule has 7 nitrogen and oxygen atoms in total. The van der Waals surface area contributed by atoms with Gasteiger partial charge in [0.05, 0.1) is 28.1 Å². The number of para-hydroxylation sites is 1. The van der Waals surface area contributed by atoms with Gasteiger partial charge in [-0.3, -0.25) is 9.69 Å². The van der Waals surface area contributed by atoms with Crippen LogP contribution in [-0.2, 0) is 4.79 Å². The van der Waals surface area contributed by atoms with Crippen LogP contribution in [0.4, 0.5) is 0 Å². The van der Waals surface area contributed by atoms with Crippen molar-refractivity contribution < 1.29 is 9.90 Å². The van der Waals surface area contributed by atoms with Gasteiger partial charge >= 0.3 is 0 Å². The average Bonchev–Trinajstić information content (AvgIpc) is 3.35. The SMILES string of the molecule is CCC(C)C(=O)/C(N)=C/N(N)C(CCN1CC(O)CC1c1nc2ccccc2s1)C(C)C. The van der Waals surface area contributed by atoms with E-state index >= 15 is 0 Å². The molecule has 1 aliphatic heterocycles. The van der Waals surface area contributed by atoms with Crippen LogP contribution in [-0.4, -0.2) is 51.0 Å². The lowest BCUT2D eigenvalue weighted by Gasteiger charge is -2.32. The zero-order valence-electron chi connectivity index (χ0n) is 19.6. The van der Waals surface area contributed by atoms with Crippen LogP contribution < -0.4 is 11.6 Å². The molecule has 1 fully saturated rings. The Labute approximate surface area is 195 Å². The van der Waals surface area contributed by atoms with Gasteiger partial charge in [0.2, 0.25) is 0 Å². The van der Waals surface area contributed by atoms with E-state index in [1.54, 1.807) is 22.5 Å². The van der Waals surface area contributed by atoms with Crippen molar-refractivity contribution in [3.05, 3.63) is 41.2 Å². The van der Waals surface area contributed by atoms with Gasteiger partial charge in [-0.2, -0.15) is 0 Å². The van der Waals surface area contributed by atoms with Crippen LogP contribution in [0.25, 0.3) is 10.2 Å². The molecule has 4 unspecified atom stereocenters. The van der Waals surface area contributed by atoms with Crippen LogP contribution in [0.3, 0.4) is 0 Å². The molecule has 32 heavy (non-hydrogen) atoms. The first-order valence-electron chi connectivity index (χ1n) is 11.5. The third kappa shape index (κ3) is 5.67. The molecule has 2 aromatic rings. The number of fused-ring (bicyclic) bond motifs is 1. The molecular weight excluding hydrogens is 422 g/mol. The summed E-state index contributed by atoms with van der Waals surface area (Å²) in [6.07, 6.45) is 3.46. The zero-order valence-corrected chi connectivity index (χ0v) is 20.4. The summed E-state index contributed by atoms with van der Waals surface area (Å²) in [7, 11) is 0. The Bertz CT molecular complexity index is 910. The van der Waals surface area contributed by atoms with Crippen molar-refractivity contribution in [1.29, 1.82) is 0 Å². The molecule has 5 N–H and O–H groups in total. The summed E-state index contributed by atoms with van der Waals surface area (Å²) < 4.78 is 1.17. The van der Waals surface area contributed by atoms with E-state index in [-0.39, 0.29) is 41.5 Å². The molecule has 1 aromatic heterocycles. The summed E-state index contributed by atoms with van der Waals surface area (Å²) in [4.78, 5) is 19.5. The van der Waals surface area contributed by atoms with E-state index in [1.807, 2.05) is 32.0 Å². The molecule has 0 bridgehead atoms. The monoisotopic (exact) mass is 459 g/mol. The number of aliphatic hydroxyl groups excluding tert-OH is 1. The van der Waals surface area contributed by atoms with Gasteiger partial charge in [0.15, 0.2) is 5.78 Å². The number of aromatic nitrogens is 1. The number of nitrogens with zero attached hydrogens (tertiary/aromatic N) is 3. The third-order valence-corrected chi connectivity index (χ3v) is 7.61. The summed E-state index contributed by atoms with van der Waals surface area (Å²) in [5.74, 6) is 6.45. The van der Waals surface area contributed by atoms with E-state index in [0.29, 0.717) is 13.0 Å². The Morgan fingerprint density at radius 3 is 2.75 bits per heavy atom. The number of rotatable bonds is 10. The van der Waals surface area contributed by atoms with E-state index in [1.165, 1.54) is 4.70 Å². The van der Waals surface area contributed by atoms with Gasteiger partial charge in [-0.1, -0.05) is 39.8 Å². The molecule has 3 rings (SSSR count). The van der Waals surface area contributed by atoms with E-state index in [2.05, 4.69) is 24.8 Å². The summed E-state index contributed by atoms with van der Waals surface area (Å²) in [5, 5.41) is 13.0. The molecule has 1 aliphatic rings. The Morgan fingerprint density at radius 2 is 2.09 bits per heavy atom. The molecular formula is C24H37N5O2S. The number of nitrogens with two attached hydrogens (primary N) is 2. The molecule has 0 saturated carbocycles. The second kappa shape index (κ2) is 10.7. The molecule has 2 heterocycles. The Hall–Kier alpha value is -2.00. The minimum Gasteiger partial charge on any atom is -0.395 e. The normalized spacial score (nSPS) is 21.9. The predicted molar refractivity (Wildman–Crippen MR) is 131 cm³/mol. The van der Waals surface area contributed by atoms with Gasteiger partial charge in [-0.15, -0.1) is 11.3 Å². The number of aliphatic hydroxyl groups is 1. The summed E-state index contributed by atoms with van der Waals surface area (Å²) >= 11 is 1.70. The number of Topliss-reactive ketones (excluding diaryl/α,β-unsaturated/α-hetero) is 1. The molecule has 1 saturated heterocycles. The van der Waals surface area contributed by atoms with Gasteiger partial charge in [-0.05, 0) is 37.3 Å². The largest absolute Gasteiger partial charge is 0.395 e. The third-order valence-electron chi connectivity index (χ3n) is 6.47. The van der Waals surface area contributed by atoms with Crippen LogP contribution in [0, 0.1) is 11.8 Å². The number of benzene rings is 1. The maximum atomic E-state index is 12.4. The minimum absolute atomic E-state index is 0.0204. The number of hydrazine groups is 1. The van der Waals surface area contributed by atoms with Crippen molar-refractivity contribution in [2.45, 2.75) is 65.1 Å². The highest BCUT2D eigenvalue weighted by Gasteiger charge is 2.34. The van der Waals surface area contributed by atoms with E-state index in [9.17, 15) is 9.90 Å². The number of thiazole rings is 1. The van der Waals surface area contributed by atoms with Crippen molar-refractivity contribution in [1.82, 2.24) is 14.9 Å². The lowest BCUT2D eigenvalue weighted by Crippen LogP contribution is -2.43. The van der Waals surface area contributed by atoms with Crippen LogP contribution >= 0.6 is 11.3 Å². The van der Waals surface area contributed by atoms with Gasteiger partial charge in [0, 0.05) is 31.2 Å². The summed E-state index contributed by atoms with van der Waals surface area (Å²) in [6, 6.07) is 8.27. The average molecular weight is 460 g/mol. The second-order valence-electron chi connectivity index (χ2n) is 9.23. The van der Waals surface area contributed by atoms with Gasteiger partial charge in [0.25, 0.3) is 0 Å². The van der Waals surface area contributed by atoms with Crippen molar-refractivity contribution in [2.24, 2.45) is 23.4 Å². The second-order valence-corrected chi connectivity index (χ2v) is 10.3. The van der Waals surface area contributed by atoms with Crippen LogP contribution in [0.5, 0.6) is 0 Å². The van der Waals surface area contributed by atoms with Gasteiger partial charge < -0.3 is 15.8 Å². The molecule has 0 radical (unpaired) electrons. The predicted octanol–water partition coefficient (Wildman–Crippen LogP) is 3.41. The van der Waals surface area contributed by atoms with Crippen LogP contribution in [0.2, 0.25) is 0 Å². The fourth-order valence-corrected chi connectivity index (χ4v) is 5.45. The number of likely N-dealkylation sites (tertiary alicyclic amines) is 1. The van der Waals surface area contributed by atoms with Crippen molar-refractivity contribution in [2.75, 3.05) is 13.1 Å². The van der Waals surface area contributed by atoms with Gasteiger partial charge in [-0.25, -0.2) is 10.8 Å². The Kier molecular flexibility index (Phi) is 8.27. The topological polar surface area (TPSA) is 109 Å². The summed E-state index contributed by atoms with van der Waals surface area (Å²) in [5.41, 5.74) is 7.26. The number of carbonyl (C=O) groups excluding carboxylic acids is 1. The number of hydrogen-bond donors (Lipinski definition) is 3. The summed E-state index contributed by atoms with van der Waals surface area (Å²) in [6.45, 7) is 9.50. The highest BCUT2D eigenvalue weighted by atomic mass is 32.1. The quantitative estimate of drug-likeness (QED) is 0.284. The molecule has 176 valence electrons. The molecule has 1 aromatic carbocycles. The molecule has 0 amide bonds. The standard InChI is InChI=1S/C24H37N5O2S/c1-5-16(4)23(31)18(25)14-29(26)20(15(2)3)10-11-28-13-17(30)12-21(28)24-27-19-8-6-7-9-22(19)32-24/h6-9,14-17,20-21,30H,5,10-13,25-26H2,1-4H3/b18-14-. The van der Waals surface area contributed by atoms with Crippen molar-refractivity contribution >= 4 is 27.3 Å². The molecule has 4 atom stereocenters. The number of β-amino-alcohol motifs (C(OH)–C–C–N with tert-alkyl or cyclic N) is 1. The number of hydrogen-bond acceptors (Lipinski definition) is 8. The van der Waals surface area contributed by atoms with E-state index in [0.717, 1.165) is 29.9 Å². The molecule has 0 aliphatic carbocycles. The van der Waals surface area contributed by atoms with Crippen LogP contribution in [0.1, 0.15) is 58.0 Å². The lowest BCUT2D eigenvalue weighted by molar-refractivity contribution is -0.119. The first-order valence-corrected chi connectivity index (χ1v) is 12.3. The highest BCUT2D eigenvalue weighted by molar-refractivity contribution is 7.18. The first kappa shape index (κ1) is 24.6. The van der Waals surface area contributed by atoms with Crippen molar-refractivity contribution in [3.63, 3.8) is 0 Å². The minimum atomic E-state index is -0.359. The Balaban J connectivity index is 1.70. The fraction of sp³-hybridized carbons (Fsp3) is 0.583. The lowest BCUT2D eigenvalue weighted by atomic mass is 9.99. The van der Waals surface area contributed by atoms with Crippen molar-refractivity contribution in [3.8, 4) is 0 Å². The number of carbonyl (C=O) groups is 1. The smallest absolute Gasteiger partial charge is 0.182 e. The van der Waals surface area contributed by atoms with Crippen LogP contribution in [0.15, 0.2) is 36.2 Å². The zero-order chi connectivity index (χ0) is 23.4. The highest BCUT2D eigenvalue weighted by Crippen LogP contribution is 2.37. The number of ketones is 1. The first-order chi connectivity index (χ1) is 15.2. The molecule has 8 heteroatoms. The Morgan fingerprint density at radius 1 is 1.38 bits per heavy atom.